The summed E-state index contributed by atoms with van der Waals surface area (Å²) in [6.45, 7) is 5.44. The summed E-state index contributed by atoms with van der Waals surface area (Å²) in [6.07, 6.45) is 3.29. The summed E-state index contributed by atoms with van der Waals surface area (Å²) < 4.78 is 10.2. The summed E-state index contributed by atoms with van der Waals surface area (Å²) in [7, 11) is 0. The highest BCUT2D eigenvalue weighted by atomic mass is 16.5. The first-order valence-corrected chi connectivity index (χ1v) is 5.97. The molecule has 0 radical (unpaired) electrons. The number of carbonyl (C=O) groups is 1. The van der Waals surface area contributed by atoms with Crippen molar-refractivity contribution in [3.63, 3.8) is 0 Å². The van der Waals surface area contributed by atoms with Gasteiger partial charge in [-0.3, -0.25) is 9.78 Å². The van der Waals surface area contributed by atoms with Gasteiger partial charge in [-0.2, -0.15) is 4.98 Å². The Morgan fingerprint density at radius 3 is 2.89 bits per heavy atom. The average Bonchev–Trinajstić information content (AvgIpc) is 2.90. The van der Waals surface area contributed by atoms with E-state index in [-0.39, 0.29) is 5.89 Å². The first kappa shape index (κ1) is 13.2. The van der Waals surface area contributed by atoms with Crippen LogP contribution in [0.2, 0.25) is 0 Å². The van der Waals surface area contributed by atoms with Crippen LogP contribution in [0, 0.1) is 0 Å². The zero-order chi connectivity index (χ0) is 13.9. The molecule has 0 aliphatic carbocycles. The molecule has 6 nitrogen and oxygen atoms in total. The molecule has 0 atom stereocenters. The molecule has 19 heavy (non-hydrogen) atoms. The number of nitrogens with zero attached hydrogens (tertiary/aromatic N) is 3. The maximum atomic E-state index is 11.8. The van der Waals surface area contributed by atoms with E-state index in [1.807, 2.05) is 6.07 Å². The summed E-state index contributed by atoms with van der Waals surface area (Å²) in [6, 6.07) is 3.60. The Morgan fingerprint density at radius 1 is 1.47 bits per heavy atom. The van der Waals surface area contributed by atoms with Crippen LogP contribution >= 0.6 is 0 Å². The van der Waals surface area contributed by atoms with Crippen molar-refractivity contribution >= 4 is 5.97 Å². The molecule has 0 aromatic carbocycles. The highest BCUT2D eigenvalue weighted by molar-refractivity contribution is 5.80. The lowest BCUT2D eigenvalue weighted by atomic mass is 9.94. The van der Waals surface area contributed by atoms with Crippen LogP contribution in [-0.2, 0) is 14.9 Å². The predicted molar refractivity (Wildman–Crippen MR) is 67.2 cm³/mol. The van der Waals surface area contributed by atoms with Gasteiger partial charge in [-0.25, -0.2) is 0 Å². The lowest BCUT2D eigenvalue weighted by Crippen LogP contribution is -2.31. The van der Waals surface area contributed by atoms with Gasteiger partial charge in [-0.1, -0.05) is 5.16 Å². The van der Waals surface area contributed by atoms with Crippen molar-refractivity contribution in [2.45, 2.75) is 26.2 Å². The van der Waals surface area contributed by atoms with Crippen molar-refractivity contribution in [1.82, 2.24) is 15.1 Å². The third-order valence-corrected chi connectivity index (χ3v) is 2.67. The number of pyridine rings is 1. The van der Waals surface area contributed by atoms with Gasteiger partial charge in [0.05, 0.1) is 6.61 Å². The van der Waals surface area contributed by atoms with Gasteiger partial charge < -0.3 is 9.26 Å². The fourth-order valence-electron chi connectivity index (χ4n) is 1.49. The van der Waals surface area contributed by atoms with E-state index in [4.69, 9.17) is 9.26 Å². The first-order chi connectivity index (χ1) is 9.05. The number of aromatic nitrogens is 3. The van der Waals surface area contributed by atoms with Gasteiger partial charge >= 0.3 is 5.97 Å². The Kier molecular flexibility index (Phi) is 3.59. The molecule has 0 saturated heterocycles. The molecule has 0 unspecified atom stereocenters. The molecule has 100 valence electrons. The molecule has 0 saturated carbocycles. The van der Waals surface area contributed by atoms with E-state index >= 15 is 0 Å². The Bertz CT molecular complexity index is 564. The molecule has 2 heterocycles. The Labute approximate surface area is 110 Å². The van der Waals surface area contributed by atoms with E-state index in [1.165, 1.54) is 0 Å². The predicted octanol–water partition coefficient (Wildman–Crippen LogP) is 1.97. The second-order valence-corrected chi connectivity index (χ2v) is 4.51. The van der Waals surface area contributed by atoms with E-state index in [9.17, 15) is 4.79 Å². The van der Waals surface area contributed by atoms with Gasteiger partial charge in [0.1, 0.15) is 5.41 Å². The van der Waals surface area contributed by atoms with Crippen LogP contribution in [0.5, 0.6) is 0 Å². The third-order valence-electron chi connectivity index (χ3n) is 2.67. The van der Waals surface area contributed by atoms with Crippen LogP contribution in [0.15, 0.2) is 29.0 Å². The largest absolute Gasteiger partial charge is 0.465 e. The zero-order valence-corrected chi connectivity index (χ0v) is 11.1. The van der Waals surface area contributed by atoms with Gasteiger partial charge in [0.25, 0.3) is 0 Å². The van der Waals surface area contributed by atoms with Crippen molar-refractivity contribution in [2.24, 2.45) is 0 Å². The molecular formula is C13H15N3O3. The van der Waals surface area contributed by atoms with Gasteiger partial charge in [-0.15, -0.1) is 0 Å². The van der Waals surface area contributed by atoms with E-state index < -0.39 is 11.4 Å². The molecule has 0 amide bonds. The van der Waals surface area contributed by atoms with Crippen LogP contribution in [0.1, 0.15) is 26.7 Å². The molecule has 0 bridgehead atoms. The monoisotopic (exact) mass is 261 g/mol. The molecule has 6 heteroatoms. The van der Waals surface area contributed by atoms with Gasteiger partial charge in [-0.05, 0) is 32.9 Å². The molecule has 0 aliphatic rings. The van der Waals surface area contributed by atoms with Gasteiger partial charge in [0, 0.05) is 18.0 Å². The number of carbonyl (C=O) groups excluding carboxylic acids is 1. The van der Waals surface area contributed by atoms with Gasteiger partial charge in [0.2, 0.25) is 11.7 Å². The van der Waals surface area contributed by atoms with Crippen molar-refractivity contribution in [1.29, 1.82) is 0 Å². The van der Waals surface area contributed by atoms with Crippen molar-refractivity contribution in [3.05, 3.63) is 30.4 Å². The molecule has 0 spiro atoms. The fraction of sp³-hybridized carbons (Fsp3) is 0.385. The lowest BCUT2D eigenvalue weighted by molar-refractivity contribution is -0.149. The van der Waals surface area contributed by atoms with Crippen LogP contribution < -0.4 is 0 Å². The summed E-state index contributed by atoms with van der Waals surface area (Å²) >= 11 is 0. The van der Waals surface area contributed by atoms with Crippen LogP contribution in [0.3, 0.4) is 0 Å². The van der Waals surface area contributed by atoms with E-state index in [1.54, 1.807) is 39.2 Å². The second kappa shape index (κ2) is 5.17. The molecule has 0 N–H and O–H groups in total. The average molecular weight is 261 g/mol. The van der Waals surface area contributed by atoms with Crippen LogP contribution in [0.4, 0.5) is 0 Å². The van der Waals surface area contributed by atoms with Crippen LogP contribution in [0.25, 0.3) is 11.4 Å². The third kappa shape index (κ3) is 2.62. The first-order valence-electron chi connectivity index (χ1n) is 5.97. The molecule has 0 aliphatic heterocycles. The molecular weight excluding hydrogens is 246 g/mol. The molecule has 0 fully saturated rings. The minimum absolute atomic E-state index is 0.227. The summed E-state index contributed by atoms with van der Waals surface area (Å²) in [5.41, 5.74) is -0.235. The number of rotatable bonds is 4. The van der Waals surface area contributed by atoms with Gasteiger partial charge in [0.15, 0.2) is 0 Å². The number of hydrogen-bond donors (Lipinski definition) is 0. The van der Waals surface area contributed by atoms with Crippen LogP contribution in [-0.4, -0.2) is 27.7 Å². The lowest BCUT2D eigenvalue weighted by Gasteiger charge is -2.16. The quantitative estimate of drug-likeness (QED) is 0.783. The number of esters is 1. The van der Waals surface area contributed by atoms with E-state index in [0.29, 0.717) is 12.4 Å². The summed E-state index contributed by atoms with van der Waals surface area (Å²) in [5, 5.41) is 3.86. The minimum Gasteiger partial charge on any atom is -0.465 e. The van der Waals surface area contributed by atoms with E-state index in [0.717, 1.165) is 5.56 Å². The maximum absolute atomic E-state index is 11.8. The molecule has 2 rings (SSSR count). The topological polar surface area (TPSA) is 78.1 Å². The van der Waals surface area contributed by atoms with Crippen molar-refractivity contribution in [2.75, 3.05) is 6.61 Å². The van der Waals surface area contributed by atoms with E-state index in [2.05, 4.69) is 15.1 Å². The Balaban J connectivity index is 2.28. The number of ether oxygens (including phenoxy) is 1. The standard InChI is InChI=1S/C13H15N3O3/c1-4-18-12(17)13(2,3)11-15-10(16-19-11)9-6-5-7-14-8-9/h5-8H,4H2,1-3H3. The maximum Gasteiger partial charge on any atom is 0.321 e. The van der Waals surface area contributed by atoms with Crippen molar-refractivity contribution in [3.8, 4) is 11.4 Å². The summed E-state index contributed by atoms with van der Waals surface area (Å²) in [4.78, 5) is 20.1. The fourth-order valence-corrected chi connectivity index (χ4v) is 1.49. The summed E-state index contributed by atoms with van der Waals surface area (Å²) in [5.74, 6) is 0.238. The molecule has 2 aromatic rings. The highest BCUT2D eigenvalue weighted by Crippen LogP contribution is 2.25. The Hall–Kier alpha value is -2.24. The number of hydrogen-bond acceptors (Lipinski definition) is 6. The SMILES string of the molecule is CCOC(=O)C(C)(C)c1nc(-c2cccnc2)no1. The molecule has 2 aromatic heterocycles. The highest BCUT2D eigenvalue weighted by Gasteiger charge is 2.37. The smallest absolute Gasteiger partial charge is 0.321 e. The van der Waals surface area contributed by atoms with Crippen molar-refractivity contribution < 1.29 is 14.1 Å². The zero-order valence-electron chi connectivity index (χ0n) is 11.1. The normalized spacial score (nSPS) is 11.3. The second-order valence-electron chi connectivity index (χ2n) is 4.51. The Morgan fingerprint density at radius 2 is 2.26 bits per heavy atom. The minimum atomic E-state index is -0.969.